The maximum atomic E-state index is 13.6. The summed E-state index contributed by atoms with van der Waals surface area (Å²) in [5, 5.41) is 8.65. The molecule has 0 spiro atoms. The molecule has 0 atom stereocenters. The third kappa shape index (κ3) is 3.29. The molecule has 0 unspecified atom stereocenters. The summed E-state index contributed by atoms with van der Waals surface area (Å²) in [5.41, 5.74) is -1.88. The van der Waals surface area contributed by atoms with Gasteiger partial charge < -0.3 is 5.11 Å². The Morgan fingerprint density at radius 3 is 2.17 bits per heavy atom. The predicted molar refractivity (Wildman–Crippen MR) is 75.3 cm³/mol. The minimum absolute atomic E-state index is 0.164. The van der Waals surface area contributed by atoms with Gasteiger partial charge in [0, 0.05) is 5.56 Å². The molecular formula is C14H10F3NO4S. The van der Waals surface area contributed by atoms with E-state index in [4.69, 9.17) is 5.11 Å². The summed E-state index contributed by atoms with van der Waals surface area (Å²) < 4.78 is 66.8. The third-order valence-electron chi connectivity index (χ3n) is 3.02. The Bertz CT molecular complexity index is 874. The first-order valence-corrected chi connectivity index (χ1v) is 7.62. The predicted octanol–water partition coefficient (Wildman–Crippen LogP) is 2.91. The molecule has 0 heterocycles. The number of hydrogen-bond acceptors (Lipinski definition) is 3. The summed E-state index contributed by atoms with van der Waals surface area (Å²) in [5.74, 6) is -5.46. The number of benzene rings is 2. The molecule has 2 aromatic rings. The second kappa shape index (κ2) is 5.92. The van der Waals surface area contributed by atoms with Crippen molar-refractivity contribution in [2.45, 2.75) is 11.8 Å². The van der Waals surface area contributed by atoms with Crippen molar-refractivity contribution >= 4 is 21.7 Å². The van der Waals surface area contributed by atoms with E-state index in [1.54, 1.807) is 0 Å². The Hall–Kier alpha value is -2.55. The largest absolute Gasteiger partial charge is 0.477 e. The standard InChI is InChI=1S/C14H10F3NO4S/c1-7-9(15)3-2-4-12(7)23(21,22)18-8-5-10(16)13(14(19)20)11(17)6-8/h2-6,18H,1H3,(H,19,20). The van der Waals surface area contributed by atoms with Crippen molar-refractivity contribution in [1.82, 2.24) is 0 Å². The van der Waals surface area contributed by atoms with Crippen LogP contribution >= 0.6 is 0 Å². The molecule has 0 amide bonds. The zero-order valence-electron chi connectivity index (χ0n) is 11.6. The average molecular weight is 345 g/mol. The van der Waals surface area contributed by atoms with Crippen molar-refractivity contribution in [2.75, 3.05) is 4.72 Å². The highest BCUT2D eigenvalue weighted by Crippen LogP contribution is 2.24. The minimum atomic E-state index is -4.30. The Balaban J connectivity index is 2.46. The molecule has 0 fully saturated rings. The molecule has 0 aliphatic rings. The summed E-state index contributed by atoms with van der Waals surface area (Å²) >= 11 is 0. The number of carbonyl (C=O) groups is 1. The van der Waals surface area contributed by atoms with E-state index in [2.05, 4.69) is 0 Å². The van der Waals surface area contributed by atoms with E-state index in [-0.39, 0.29) is 5.56 Å². The van der Waals surface area contributed by atoms with Gasteiger partial charge in [-0.05, 0) is 31.2 Å². The zero-order valence-corrected chi connectivity index (χ0v) is 12.4. The van der Waals surface area contributed by atoms with Crippen molar-refractivity contribution < 1.29 is 31.5 Å². The van der Waals surface area contributed by atoms with Crippen LogP contribution in [0, 0.1) is 24.4 Å². The Labute approximate surface area is 129 Å². The monoisotopic (exact) mass is 345 g/mol. The number of halogens is 3. The fraction of sp³-hybridized carbons (Fsp3) is 0.0714. The van der Waals surface area contributed by atoms with Gasteiger partial charge in [0.15, 0.2) is 0 Å². The minimum Gasteiger partial charge on any atom is -0.477 e. The highest BCUT2D eigenvalue weighted by Gasteiger charge is 2.22. The van der Waals surface area contributed by atoms with Gasteiger partial charge >= 0.3 is 5.97 Å². The number of hydrogen-bond donors (Lipinski definition) is 2. The molecule has 0 aliphatic carbocycles. The molecule has 2 rings (SSSR count). The van der Waals surface area contributed by atoms with Crippen LogP contribution in [-0.4, -0.2) is 19.5 Å². The number of aromatic carboxylic acids is 1. The van der Waals surface area contributed by atoms with Crippen LogP contribution in [0.5, 0.6) is 0 Å². The Morgan fingerprint density at radius 2 is 1.65 bits per heavy atom. The van der Waals surface area contributed by atoms with Crippen molar-refractivity contribution in [1.29, 1.82) is 0 Å². The van der Waals surface area contributed by atoms with Gasteiger partial charge in [0.05, 0.1) is 10.6 Å². The first-order chi connectivity index (χ1) is 10.6. The second-order valence-electron chi connectivity index (χ2n) is 4.59. The van der Waals surface area contributed by atoms with Crippen LogP contribution in [0.15, 0.2) is 35.2 Å². The average Bonchev–Trinajstić information content (AvgIpc) is 2.39. The molecule has 122 valence electrons. The second-order valence-corrected chi connectivity index (χ2v) is 6.24. The Kier molecular flexibility index (Phi) is 4.33. The molecule has 0 saturated carbocycles. The lowest BCUT2D eigenvalue weighted by atomic mass is 10.2. The van der Waals surface area contributed by atoms with Crippen LogP contribution in [-0.2, 0) is 10.0 Å². The lowest BCUT2D eigenvalue weighted by Crippen LogP contribution is -2.16. The first kappa shape index (κ1) is 16.8. The fourth-order valence-electron chi connectivity index (χ4n) is 1.93. The van der Waals surface area contributed by atoms with Crippen LogP contribution in [0.4, 0.5) is 18.9 Å². The van der Waals surface area contributed by atoms with Crippen LogP contribution in [0.3, 0.4) is 0 Å². The van der Waals surface area contributed by atoms with Crippen molar-refractivity contribution in [2.24, 2.45) is 0 Å². The van der Waals surface area contributed by atoms with Gasteiger partial charge in [-0.3, -0.25) is 4.72 Å². The summed E-state index contributed by atoms with van der Waals surface area (Å²) in [7, 11) is -4.30. The third-order valence-corrected chi connectivity index (χ3v) is 4.54. The fourth-order valence-corrected chi connectivity index (χ4v) is 3.22. The number of nitrogens with one attached hydrogen (secondary N) is 1. The van der Waals surface area contributed by atoms with Crippen LogP contribution in [0.25, 0.3) is 0 Å². The quantitative estimate of drug-likeness (QED) is 0.892. The zero-order chi connectivity index (χ0) is 17.4. The number of anilines is 1. The number of carboxylic acid groups (broad SMARTS) is 1. The van der Waals surface area contributed by atoms with Gasteiger partial charge in [-0.25, -0.2) is 26.4 Å². The van der Waals surface area contributed by atoms with Gasteiger partial charge in [0.25, 0.3) is 10.0 Å². The Morgan fingerprint density at radius 1 is 1.09 bits per heavy atom. The number of sulfonamides is 1. The SMILES string of the molecule is Cc1c(F)cccc1S(=O)(=O)Nc1cc(F)c(C(=O)O)c(F)c1. The highest BCUT2D eigenvalue weighted by atomic mass is 32.2. The van der Waals surface area contributed by atoms with E-state index < -0.39 is 49.6 Å². The van der Waals surface area contributed by atoms with Gasteiger partial charge in [-0.1, -0.05) is 6.07 Å². The van der Waals surface area contributed by atoms with Gasteiger partial charge in [0.2, 0.25) is 0 Å². The van der Waals surface area contributed by atoms with E-state index in [0.717, 1.165) is 12.1 Å². The molecule has 0 radical (unpaired) electrons. The number of carboxylic acids is 1. The molecule has 0 saturated heterocycles. The molecule has 2 aromatic carbocycles. The molecule has 2 N–H and O–H groups in total. The molecule has 0 aromatic heterocycles. The molecule has 0 bridgehead atoms. The summed E-state index contributed by atoms with van der Waals surface area (Å²) in [4.78, 5) is 10.3. The summed E-state index contributed by atoms with van der Waals surface area (Å²) in [6, 6.07) is 4.41. The molecule has 0 aliphatic heterocycles. The van der Waals surface area contributed by atoms with E-state index in [1.807, 2.05) is 4.72 Å². The van der Waals surface area contributed by atoms with Gasteiger partial charge in [0.1, 0.15) is 23.0 Å². The lowest BCUT2D eigenvalue weighted by molar-refractivity contribution is 0.0686. The van der Waals surface area contributed by atoms with Crippen LogP contribution in [0.1, 0.15) is 15.9 Å². The maximum absolute atomic E-state index is 13.6. The lowest BCUT2D eigenvalue weighted by Gasteiger charge is -2.11. The van der Waals surface area contributed by atoms with Crippen LogP contribution in [0.2, 0.25) is 0 Å². The molecule has 9 heteroatoms. The van der Waals surface area contributed by atoms with Gasteiger partial charge in [-0.15, -0.1) is 0 Å². The van der Waals surface area contributed by atoms with Crippen LogP contribution < -0.4 is 4.72 Å². The van der Waals surface area contributed by atoms with E-state index in [0.29, 0.717) is 12.1 Å². The van der Waals surface area contributed by atoms with E-state index in [9.17, 15) is 26.4 Å². The molecule has 23 heavy (non-hydrogen) atoms. The normalized spacial score (nSPS) is 11.3. The van der Waals surface area contributed by atoms with Crippen molar-refractivity contribution in [3.05, 3.63) is 58.9 Å². The van der Waals surface area contributed by atoms with Crippen molar-refractivity contribution in [3.63, 3.8) is 0 Å². The first-order valence-electron chi connectivity index (χ1n) is 6.13. The highest BCUT2D eigenvalue weighted by molar-refractivity contribution is 7.92. The topological polar surface area (TPSA) is 83.5 Å². The molecule has 5 nitrogen and oxygen atoms in total. The van der Waals surface area contributed by atoms with Crippen molar-refractivity contribution in [3.8, 4) is 0 Å². The molecular weight excluding hydrogens is 335 g/mol. The van der Waals surface area contributed by atoms with Gasteiger partial charge in [-0.2, -0.15) is 0 Å². The van der Waals surface area contributed by atoms with E-state index >= 15 is 0 Å². The summed E-state index contributed by atoms with van der Waals surface area (Å²) in [6.07, 6.45) is 0. The smallest absolute Gasteiger partial charge is 0.341 e. The van der Waals surface area contributed by atoms with E-state index in [1.165, 1.54) is 13.0 Å². The number of rotatable bonds is 4. The summed E-state index contributed by atoms with van der Waals surface area (Å²) in [6.45, 7) is 1.23. The maximum Gasteiger partial charge on any atom is 0.341 e.